The largest absolute Gasteiger partial charge is 0.352 e. The first-order chi connectivity index (χ1) is 15.6. The Hall–Kier alpha value is -3.51. The maximum atomic E-state index is 13.3. The molecule has 0 radical (unpaired) electrons. The van der Waals surface area contributed by atoms with Crippen LogP contribution in [0.15, 0.2) is 72.8 Å². The zero-order valence-electron chi connectivity index (χ0n) is 18.2. The molecule has 4 rings (SSSR count). The van der Waals surface area contributed by atoms with Gasteiger partial charge in [0.25, 0.3) is 5.91 Å². The first-order valence-corrected chi connectivity index (χ1v) is 11.5. The number of aromatic nitrogens is 1. The van der Waals surface area contributed by atoms with Gasteiger partial charge in [0.15, 0.2) is 5.13 Å². The number of nitrogens with zero attached hydrogens (tertiary/aromatic N) is 2. The Morgan fingerprint density at radius 1 is 0.969 bits per heavy atom. The molecule has 0 atom stereocenters. The van der Waals surface area contributed by atoms with Crippen LogP contribution in [-0.4, -0.2) is 23.3 Å². The van der Waals surface area contributed by atoms with Gasteiger partial charge in [-0.1, -0.05) is 60.7 Å². The van der Waals surface area contributed by atoms with Crippen LogP contribution < -0.4 is 10.2 Å². The molecule has 1 heterocycles. The van der Waals surface area contributed by atoms with Crippen LogP contribution in [0.25, 0.3) is 10.2 Å². The van der Waals surface area contributed by atoms with Crippen molar-refractivity contribution in [2.75, 3.05) is 11.4 Å². The highest BCUT2D eigenvalue weighted by atomic mass is 32.1. The van der Waals surface area contributed by atoms with Gasteiger partial charge in [0.05, 0.1) is 15.9 Å². The van der Waals surface area contributed by atoms with E-state index in [1.165, 1.54) is 16.9 Å². The number of aryl methyl sites for hydroxylation is 2. The Balaban J connectivity index is 1.54. The molecular weight excluding hydrogens is 418 g/mol. The molecule has 0 unspecified atom stereocenters. The van der Waals surface area contributed by atoms with E-state index < -0.39 is 0 Å². The molecule has 0 fully saturated rings. The van der Waals surface area contributed by atoms with Crippen molar-refractivity contribution in [2.45, 2.75) is 26.7 Å². The summed E-state index contributed by atoms with van der Waals surface area (Å²) < 4.78 is 1.03. The van der Waals surface area contributed by atoms with E-state index in [0.717, 1.165) is 27.9 Å². The average Bonchev–Trinajstić information content (AvgIpc) is 3.23. The lowest BCUT2D eigenvalue weighted by Crippen LogP contribution is -2.32. The van der Waals surface area contributed by atoms with Crippen LogP contribution in [0.4, 0.5) is 10.8 Å². The fourth-order valence-corrected chi connectivity index (χ4v) is 4.52. The molecule has 3 aromatic carbocycles. The number of carbonyl (C=O) groups excluding carboxylic acids is 2. The standard InChI is InChI=1S/C26H25N3O2S/c1-3-19-12-14-20(15-13-19)29(26-28-22-10-6-7-11-23(22)32-26)24(30)16-17-27-25(31)21-9-5-4-8-18(21)2/h4-15H,3,16-17H2,1-2H3,(H,27,31). The van der Waals surface area contributed by atoms with Gasteiger partial charge in [-0.05, 0) is 54.8 Å². The lowest BCUT2D eigenvalue weighted by atomic mass is 10.1. The minimum absolute atomic E-state index is 0.113. The second kappa shape index (κ2) is 9.75. The number of thiazole rings is 1. The maximum absolute atomic E-state index is 13.3. The summed E-state index contributed by atoms with van der Waals surface area (Å²) in [5.74, 6) is -0.284. The smallest absolute Gasteiger partial charge is 0.251 e. The molecule has 5 nitrogen and oxygen atoms in total. The van der Waals surface area contributed by atoms with Gasteiger partial charge in [-0.2, -0.15) is 0 Å². The number of amides is 2. The maximum Gasteiger partial charge on any atom is 0.251 e. The molecule has 0 spiro atoms. The summed E-state index contributed by atoms with van der Waals surface area (Å²) in [6, 6.07) is 23.2. The van der Waals surface area contributed by atoms with Crippen molar-refractivity contribution in [2.24, 2.45) is 0 Å². The second-order valence-electron chi connectivity index (χ2n) is 7.53. The van der Waals surface area contributed by atoms with Crippen molar-refractivity contribution in [3.63, 3.8) is 0 Å². The zero-order chi connectivity index (χ0) is 22.5. The van der Waals surface area contributed by atoms with Crippen molar-refractivity contribution in [1.82, 2.24) is 10.3 Å². The van der Waals surface area contributed by atoms with E-state index in [1.54, 1.807) is 11.0 Å². The third kappa shape index (κ3) is 4.70. The molecule has 2 amide bonds. The fraction of sp³-hybridized carbons (Fsp3) is 0.192. The van der Waals surface area contributed by atoms with Crippen molar-refractivity contribution in [3.8, 4) is 0 Å². The molecule has 0 aliphatic carbocycles. The molecule has 162 valence electrons. The second-order valence-corrected chi connectivity index (χ2v) is 8.54. The highest BCUT2D eigenvalue weighted by molar-refractivity contribution is 7.22. The number of hydrogen-bond donors (Lipinski definition) is 1. The van der Waals surface area contributed by atoms with Crippen LogP contribution in [0.3, 0.4) is 0 Å². The minimum atomic E-state index is -0.172. The number of carbonyl (C=O) groups is 2. The van der Waals surface area contributed by atoms with Gasteiger partial charge in [-0.3, -0.25) is 14.5 Å². The Morgan fingerprint density at radius 3 is 2.41 bits per heavy atom. The number of rotatable bonds is 7. The Labute approximate surface area is 191 Å². The number of anilines is 2. The minimum Gasteiger partial charge on any atom is -0.352 e. The lowest BCUT2D eigenvalue weighted by Gasteiger charge is -2.20. The molecule has 1 N–H and O–H groups in total. The van der Waals surface area contributed by atoms with E-state index >= 15 is 0 Å². The summed E-state index contributed by atoms with van der Waals surface area (Å²) >= 11 is 1.48. The predicted octanol–water partition coefficient (Wildman–Crippen LogP) is 5.65. The summed E-state index contributed by atoms with van der Waals surface area (Å²) in [6.45, 7) is 4.25. The van der Waals surface area contributed by atoms with Gasteiger partial charge in [-0.15, -0.1) is 0 Å². The van der Waals surface area contributed by atoms with Crippen LogP contribution in [0, 0.1) is 6.92 Å². The quantitative estimate of drug-likeness (QED) is 0.401. The Kier molecular flexibility index (Phi) is 6.61. The van der Waals surface area contributed by atoms with Gasteiger partial charge in [-0.25, -0.2) is 4.98 Å². The fourth-order valence-electron chi connectivity index (χ4n) is 3.52. The van der Waals surface area contributed by atoms with Crippen LogP contribution in [0.1, 0.15) is 34.8 Å². The van der Waals surface area contributed by atoms with E-state index in [0.29, 0.717) is 10.7 Å². The molecule has 4 aromatic rings. The number of fused-ring (bicyclic) bond motifs is 1. The third-order valence-corrected chi connectivity index (χ3v) is 6.36. The van der Waals surface area contributed by atoms with E-state index in [9.17, 15) is 9.59 Å². The lowest BCUT2D eigenvalue weighted by molar-refractivity contribution is -0.117. The Morgan fingerprint density at radius 2 is 1.69 bits per heavy atom. The van der Waals surface area contributed by atoms with Gasteiger partial charge in [0.2, 0.25) is 5.91 Å². The number of hydrogen-bond acceptors (Lipinski definition) is 4. The van der Waals surface area contributed by atoms with E-state index in [1.807, 2.05) is 73.7 Å². The van der Waals surface area contributed by atoms with E-state index in [2.05, 4.69) is 12.2 Å². The highest BCUT2D eigenvalue weighted by Gasteiger charge is 2.22. The van der Waals surface area contributed by atoms with Crippen LogP contribution in [0.2, 0.25) is 0 Å². The number of benzene rings is 3. The highest BCUT2D eigenvalue weighted by Crippen LogP contribution is 2.34. The zero-order valence-corrected chi connectivity index (χ0v) is 19.0. The molecule has 0 bridgehead atoms. The molecule has 6 heteroatoms. The van der Waals surface area contributed by atoms with Gasteiger partial charge >= 0.3 is 0 Å². The molecule has 1 aromatic heterocycles. The predicted molar refractivity (Wildman–Crippen MR) is 131 cm³/mol. The molecule has 0 saturated carbocycles. The normalized spacial score (nSPS) is 10.8. The summed E-state index contributed by atoms with van der Waals surface area (Å²) in [4.78, 5) is 32.1. The monoisotopic (exact) mass is 443 g/mol. The van der Waals surface area contributed by atoms with Gasteiger partial charge in [0, 0.05) is 18.5 Å². The molecule has 0 saturated heterocycles. The van der Waals surface area contributed by atoms with E-state index in [4.69, 9.17) is 4.98 Å². The van der Waals surface area contributed by atoms with Crippen LogP contribution >= 0.6 is 11.3 Å². The van der Waals surface area contributed by atoms with Crippen LogP contribution in [0.5, 0.6) is 0 Å². The Bertz CT molecular complexity index is 1210. The SMILES string of the molecule is CCc1ccc(N(C(=O)CCNC(=O)c2ccccc2C)c2nc3ccccc3s2)cc1. The molecule has 32 heavy (non-hydrogen) atoms. The summed E-state index contributed by atoms with van der Waals surface area (Å²) in [5, 5.41) is 3.50. The third-order valence-electron chi connectivity index (χ3n) is 5.34. The topological polar surface area (TPSA) is 62.3 Å². The summed E-state index contributed by atoms with van der Waals surface area (Å²) in [6.07, 6.45) is 1.10. The van der Waals surface area contributed by atoms with Crippen molar-refractivity contribution < 1.29 is 9.59 Å². The molecular formula is C26H25N3O2S. The van der Waals surface area contributed by atoms with Crippen LogP contribution in [-0.2, 0) is 11.2 Å². The van der Waals surface area contributed by atoms with Gasteiger partial charge < -0.3 is 5.32 Å². The first kappa shape index (κ1) is 21.7. The van der Waals surface area contributed by atoms with Crippen molar-refractivity contribution in [1.29, 1.82) is 0 Å². The van der Waals surface area contributed by atoms with E-state index in [-0.39, 0.29) is 24.8 Å². The van der Waals surface area contributed by atoms with Gasteiger partial charge in [0.1, 0.15) is 0 Å². The molecule has 0 aliphatic rings. The first-order valence-electron chi connectivity index (χ1n) is 10.7. The average molecular weight is 444 g/mol. The number of nitrogens with one attached hydrogen (secondary N) is 1. The van der Waals surface area contributed by atoms with Crippen molar-refractivity contribution in [3.05, 3.63) is 89.5 Å². The summed E-state index contributed by atoms with van der Waals surface area (Å²) in [5.41, 5.74) is 4.37. The van der Waals surface area contributed by atoms with Crippen molar-refractivity contribution >= 4 is 44.2 Å². The molecule has 0 aliphatic heterocycles. The summed E-state index contributed by atoms with van der Waals surface area (Å²) in [7, 11) is 0. The number of para-hydroxylation sites is 1.